The largest absolute Gasteiger partial charge is 0.480 e. The van der Waals surface area contributed by atoms with Crippen LogP contribution >= 0.6 is 11.3 Å². The van der Waals surface area contributed by atoms with E-state index in [1.54, 1.807) is 19.2 Å². The van der Waals surface area contributed by atoms with E-state index in [2.05, 4.69) is 9.71 Å². The van der Waals surface area contributed by atoms with Crippen LogP contribution in [0, 0.1) is 0 Å². The van der Waals surface area contributed by atoms with E-state index in [1.807, 2.05) is 18.2 Å². The van der Waals surface area contributed by atoms with Crippen molar-refractivity contribution < 1.29 is 31.5 Å². The van der Waals surface area contributed by atoms with Crippen LogP contribution in [0.1, 0.15) is 24.0 Å². The lowest BCUT2D eigenvalue weighted by Gasteiger charge is -2.21. The number of sulfonamides is 1. The summed E-state index contributed by atoms with van der Waals surface area (Å²) in [6.45, 7) is 1.62. The highest BCUT2D eigenvalue weighted by Crippen LogP contribution is 2.35. The van der Waals surface area contributed by atoms with Gasteiger partial charge < -0.3 is 10.1 Å². The Balaban J connectivity index is 1.59. The van der Waals surface area contributed by atoms with Crippen molar-refractivity contribution in [2.45, 2.75) is 29.3 Å². The molecule has 6 nitrogen and oxygen atoms in total. The third-order valence-corrected chi connectivity index (χ3v) is 8.57. The van der Waals surface area contributed by atoms with Crippen LogP contribution in [-0.4, -0.2) is 30.5 Å². The van der Waals surface area contributed by atoms with Crippen molar-refractivity contribution in [3.63, 3.8) is 0 Å². The maximum Gasteiger partial charge on any atom is 0.416 e. The number of carboxylic acid groups (broad SMARTS) is 1. The van der Waals surface area contributed by atoms with Crippen LogP contribution in [0.25, 0.3) is 21.3 Å². The molecule has 0 bridgehead atoms. The first-order chi connectivity index (χ1) is 16.0. The minimum absolute atomic E-state index is 0.139. The van der Waals surface area contributed by atoms with Crippen molar-refractivity contribution in [3.8, 4) is 10.4 Å². The van der Waals surface area contributed by atoms with Crippen molar-refractivity contribution in [1.29, 1.82) is 0 Å². The lowest BCUT2D eigenvalue weighted by Crippen LogP contribution is -2.43. The van der Waals surface area contributed by atoms with Crippen molar-refractivity contribution in [1.82, 2.24) is 9.71 Å². The molecule has 0 fully saturated rings. The molecule has 0 aliphatic rings. The van der Waals surface area contributed by atoms with Gasteiger partial charge in [0, 0.05) is 27.9 Å². The minimum Gasteiger partial charge on any atom is -0.480 e. The van der Waals surface area contributed by atoms with E-state index in [9.17, 15) is 31.5 Å². The number of hydrogen-bond donors (Lipinski definition) is 3. The Kier molecular flexibility index (Phi) is 6.28. The number of carboxylic acids is 1. The summed E-state index contributed by atoms with van der Waals surface area (Å²) >= 11 is 0.841. The second kappa shape index (κ2) is 8.90. The number of thiophene rings is 1. The van der Waals surface area contributed by atoms with Crippen molar-refractivity contribution in [3.05, 3.63) is 78.0 Å². The Morgan fingerprint density at radius 3 is 2.38 bits per heavy atom. The molecule has 0 spiro atoms. The monoisotopic (exact) mass is 508 g/mol. The standard InChI is InChI=1S/C23H19F3N2O4S2/c1-13(17-12-27-18-5-3-2-4-16(17)18)21(22(29)30)28-34(31,32)20-11-10-19(33-20)14-6-8-15(9-7-14)23(24,25)26/h2-13,21,27-28H,1H3,(H,29,30)/t13?,21-/m0/s1. The molecular weight excluding hydrogens is 489 g/mol. The maximum atomic E-state index is 13.0. The highest BCUT2D eigenvalue weighted by molar-refractivity contribution is 7.91. The van der Waals surface area contributed by atoms with Crippen molar-refractivity contribution in [2.24, 2.45) is 0 Å². The molecule has 178 valence electrons. The van der Waals surface area contributed by atoms with E-state index < -0.39 is 39.7 Å². The Bertz CT molecular complexity index is 1440. The van der Waals surface area contributed by atoms with Crippen LogP contribution in [-0.2, 0) is 21.0 Å². The van der Waals surface area contributed by atoms with Gasteiger partial charge in [0.2, 0.25) is 0 Å². The van der Waals surface area contributed by atoms with E-state index in [4.69, 9.17) is 0 Å². The lowest BCUT2D eigenvalue weighted by atomic mass is 9.93. The van der Waals surface area contributed by atoms with Crippen LogP contribution in [0.2, 0.25) is 0 Å². The Morgan fingerprint density at radius 2 is 1.74 bits per heavy atom. The number of aliphatic carboxylic acids is 1. The van der Waals surface area contributed by atoms with E-state index in [-0.39, 0.29) is 4.21 Å². The number of H-pyrrole nitrogens is 1. The van der Waals surface area contributed by atoms with Crippen LogP contribution in [0.4, 0.5) is 13.2 Å². The van der Waals surface area contributed by atoms with Gasteiger partial charge in [-0.2, -0.15) is 17.9 Å². The van der Waals surface area contributed by atoms with E-state index in [0.717, 1.165) is 34.4 Å². The first-order valence-corrected chi connectivity index (χ1v) is 12.4. The summed E-state index contributed by atoms with van der Waals surface area (Å²) in [7, 11) is -4.21. The molecule has 4 rings (SSSR count). The third-order valence-electron chi connectivity index (χ3n) is 5.50. The fourth-order valence-corrected chi connectivity index (χ4v) is 6.28. The molecule has 2 aromatic heterocycles. The first kappa shape index (κ1) is 24.0. The van der Waals surface area contributed by atoms with Gasteiger partial charge in [-0.15, -0.1) is 11.3 Å². The predicted octanol–water partition coefficient (Wildman–Crippen LogP) is 5.45. The number of halogens is 3. The number of rotatable bonds is 7. The van der Waals surface area contributed by atoms with Gasteiger partial charge in [0.25, 0.3) is 10.0 Å². The quantitative estimate of drug-likeness (QED) is 0.309. The summed E-state index contributed by atoms with van der Waals surface area (Å²) in [4.78, 5) is 15.5. The minimum atomic E-state index is -4.47. The molecule has 0 radical (unpaired) electrons. The van der Waals surface area contributed by atoms with Crippen LogP contribution in [0.3, 0.4) is 0 Å². The molecule has 11 heteroatoms. The average Bonchev–Trinajstić information content (AvgIpc) is 3.44. The molecule has 2 aromatic carbocycles. The molecule has 0 saturated carbocycles. The summed E-state index contributed by atoms with van der Waals surface area (Å²) in [5.41, 5.74) is 1.07. The number of para-hydroxylation sites is 1. The maximum absolute atomic E-state index is 13.0. The number of fused-ring (bicyclic) bond motifs is 1. The summed E-state index contributed by atoms with van der Waals surface area (Å²) in [5, 5.41) is 10.6. The van der Waals surface area contributed by atoms with Gasteiger partial charge in [0.15, 0.2) is 0 Å². The number of nitrogens with one attached hydrogen (secondary N) is 2. The Hall–Kier alpha value is -3.15. The molecule has 4 aromatic rings. The molecule has 1 unspecified atom stereocenters. The number of carbonyl (C=O) groups is 1. The Morgan fingerprint density at radius 1 is 1.06 bits per heavy atom. The van der Waals surface area contributed by atoms with E-state index in [0.29, 0.717) is 16.0 Å². The van der Waals surface area contributed by atoms with E-state index in [1.165, 1.54) is 24.3 Å². The Labute approximate surface area is 197 Å². The lowest BCUT2D eigenvalue weighted by molar-refractivity contribution is -0.139. The number of benzene rings is 2. The van der Waals surface area contributed by atoms with Crippen molar-refractivity contribution >= 4 is 38.2 Å². The van der Waals surface area contributed by atoms with Gasteiger partial charge in [0.1, 0.15) is 10.3 Å². The van der Waals surface area contributed by atoms with Gasteiger partial charge in [-0.3, -0.25) is 4.79 Å². The van der Waals surface area contributed by atoms with Gasteiger partial charge in [-0.25, -0.2) is 8.42 Å². The second-order valence-corrected chi connectivity index (χ2v) is 10.7. The molecular formula is C23H19F3N2O4S2. The fraction of sp³-hybridized carbons (Fsp3) is 0.174. The zero-order chi connectivity index (χ0) is 24.7. The SMILES string of the molecule is CC(c1c[nH]c2ccccc12)[C@H](NS(=O)(=O)c1ccc(-c2ccc(C(F)(F)F)cc2)s1)C(=O)O. The number of hydrogen-bond acceptors (Lipinski definition) is 4. The van der Waals surface area contributed by atoms with Gasteiger partial charge in [-0.1, -0.05) is 37.3 Å². The predicted molar refractivity (Wildman–Crippen MR) is 123 cm³/mol. The normalized spacial score (nSPS) is 14.2. The molecule has 2 atom stereocenters. The topological polar surface area (TPSA) is 99.3 Å². The summed E-state index contributed by atoms with van der Waals surface area (Å²) in [6.07, 6.45) is -2.81. The van der Waals surface area contributed by atoms with E-state index >= 15 is 0 Å². The smallest absolute Gasteiger partial charge is 0.416 e. The number of aromatic amines is 1. The molecule has 3 N–H and O–H groups in total. The fourth-order valence-electron chi connectivity index (χ4n) is 3.69. The second-order valence-electron chi connectivity index (χ2n) is 7.71. The summed E-state index contributed by atoms with van der Waals surface area (Å²) < 4.78 is 66.5. The average molecular weight is 509 g/mol. The highest BCUT2D eigenvalue weighted by atomic mass is 32.2. The summed E-state index contributed by atoms with van der Waals surface area (Å²) in [5.74, 6) is -2.03. The van der Waals surface area contributed by atoms with Gasteiger partial charge >= 0.3 is 12.1 Å². The molecule has 0 saturated heterocycles. The molecule has 2 heterocycles. The highest BCUT2D eigenvalue weighted by Gasteiger charge is 2.33. The number of alkyl halides is 3. The zero-order valence-electron chi connectivity index (χ0n) is 17.6. The molecule has 0 aliphatic heterocycles. The van der Waals surface area contributed by atoms with Gasteiger partial charge in [-0.05, 0) is 41.5 Å². The molecule has 0 aliphatic carbocycles. The summed E-state index contributed by atoms with van der Waals surface area (Å²) in [6, 6.07) is 13.0. The third kappa shape index (κ3) is 4.72. The molecule has 0 amide bonds. The number of aromatic nitrogens is 1. The molecule has 34 heavy (non-hydrogen) atoms. The zero-order valence-corrected chi connectivity index (χ0v) is 19.3. The van der Waals surface area contributed by atoms with Crippen molar-refractivity contribution in [2.75, 3.05) is 0 Å². The van der Waals surface area contributed by atoms with Crippen LogP contribution in [0.15, 0.2) is 71.1 Å². The first-order valence-electron chi connectivity index (χ1n) is 10.1. The van der Waals surface area contributed by atoms with Gasteiger partial charge in [0.05, 0.1) is 5.56 Å². The van der Waals surface area contributed by atoms with Crippen LogP contribution in [0.5, 0.6) is 0 Å². The van der Waals surface area contributed by atoms with Crippen LogP contribution < -0.4 is 4.72 Å².